The first-order valence-electron chi connectivity index (χ1n) is 6.65. The van der Waals surface area contributed by atoms with Crippen LogP contribution in [-0.2, 0) is 9.31 Å². The van der Waals surface area contributed by atoms with Gasteiger partial charge in [0.05, 0.1) is 16.8 Å². The predicted octanol–water partition coefficient (Wildman–Crippen LogP) is 0.928. The molecule has 0 aliphatic carbocycles. The third-order valence-electron chi connectivity index (χ3n) is 4.07. The van der Waals surface area contributed by atoms with Gasteiger partial charge < -0.3 is 20.4 Å². The van der Waals surface area contributed by atoms with E-state index in [4.69, 9.17) is 15.0 Å². The number of hydrogen-bond acceptors (Lipinski definition) is 4. The molecule has 1 fully saturated rings. The molecule has 6 heteroatoms. The molecule has 1 amide bonds. The number of hydrogen-bond donors (Lipinski definition) is 2. The van der Waals surface area contributed by atoms with Crippen LogP contribution in [0.4, 0.5) is 5.69 Å². The Morgan fingerprint density at radius 3 is 2.25 bits per heavy atom. The SMILES string of the molecule is CNC(=O)c1cc(B2OC(C)(C)C(C)(C)O2)ccc1N. The van der Waals surface area contributed by atoms with Gasteiger partial charge in [0.2, 0.25) is 0 Å². The summed E-state index contributed by atoms with van der Waals surface area (Å²) in [5, 5.41) is 2.57. The zero-order chi connectivity index (χ0) is 15.1. The zero-order valence-electron chi connectivity index (χ0n) is 12.6. The van der Waals surface area contributed by atoms with Crippen molar-refractivity contribution in [3.05, 3.63) is 23.8 Å². The van der Waals surface area contributed by atoms with Crippen LogP contribution in [0.1, 0.15) is 38.1 Å². The molecule has 1 aromatic rings. The number of nitrogens with one attached hydrogen (secondary N) is 1. The first kappa shape index (κ1) is 14.9. The van der Waals surface area contributed by atoms with E-state index in [0.717, 1.165) is 5.46 Å². The predicted molar refractivity (Wildman–Crippen MR) is 80.0 cm³/mol. The normalized spacial score (nSPS) is 19.9. The van der Waals surface area contributed by atoms with Crippen molar-refractivity contribution in [2.45, 2.75) is 38.9 Å². The second-order valence-electron chi connectivity index (χ2n) is 6.01. The molecule has 1 heterocycles. The molecule has 1 aliphatic heterocycles. The van der Waals surface area contributed by atoms with E-state index in [1.54, 1.807) is 19.2 Å². The highest BCUT2D eigenvalue weighted by Gasteiger charge is 2.51. The summed E-state index contributed by atoms with van der Waals surface area (Å²) >= 11 is 0. The van der Waals surface area contributed by atoms with E-state index in [0.29, 0.717) is 11.3 Å². The van der Waals surface area contributed by atoms with Crippen LogP contribution in [0.5, 0.6) is 0 Å². The fourth-order valence-corrected chi connectivity index (χ4v) is 2.03. The molecule has 0 radical (unpaired) electrons. The van der Waals surface area contributed by atoms with Gasteiger partial charge in [-0.15, -0.1) is 0 Å². The van der Waals surface area contributed by atoms with E-state index in [2.05, 4.69) is 5.32 Å². The highest BCUT2D eigenvalue weighted by atomic mass is 16.7. The first-order valence-corrected chi connectivity index (χ1v) is 6.65. The molecule has 0 bridgehead atoms. The Morgan fingerprint density at radius 2 is 1.75 bits per heavy atom. The third kappa shape index (κ3) is 2.41. The Bertz CT molecular complexity index is 527. The van der Waals surface area contributed by atoms with Crippen molar-refractivity contribution < 1.29 is 14.1 Å². The van der Waals surface area contributed by atoms with Gasteiger partial charge in [0, 0.05) is 12.7 Å². The lowest BCUT2D eigenvalue weighted by Crippen LogP contribution is -2.41. The molecule has 20 heavy (non-hydrogen) atoms. The van der Waals surface area contributed by atoms with Crippen molar-refractivity contribution in [3.63, 3.8) is 0 Å². The molecule has 0 aromatic heterocycles. The van der Waals surface area contributed by atoms with Crippen LogP contribution in [-0.4, -0.2) is 31.3 Å². The molecular formula is C14H21BN2O3. The van der Waals surface area contributed by atoms with Crippen LogP contribution in [0.3, 0.4) is 0 Å². The summed E-state index contributed by atoms with van der Waals surface area (Å²) in [4.78, 5) is 11.8. The molecule has 1 aromatic carbocycles. The summed E-state index contributed by atoms with van der Waals surface area (Å²) in [5.74, 6) is -0.221. The summed E-state index contributed by atoms with van der Waals surface area (Å²) in [7, 11) is 1.08. The van der Waals surface area contributed by atoms with Gasteiger partial charge in [0.15, 0.2) is 0 Å². The number of nitrogen functional groups attached to an aromatic ring is 1. The summed E-state index contributed by atoms with van der Waals surface area (Å²) in [6.07, 6.45) is 0. The van der Waals surface area contributed by atoms with Crippen molar-refractivity contribution in [2.24, 2.45) is 0 Å². The van der Waals surface area contributed by atoms with Crippen LogP contribution in [0.2, 0.25) is 0 Å². The monoisotopic (exact) mass is 276 g/mol. The number of benzene rings is 1. The second-order valence-corrected chi connectivity index (χ2v) is 6.01. The maximum atomic E-state index is 11.8. The average molecular weight is 276 g/mol. The maximum Gasteiger partial charge on any atom is 0.494 e. The van der Waals surface area contributed by atoms with Crippen molar-refractivity contribution >= 4 is 24.2 Å². The van der Waals surface area contributed by atoms with Gasteiger partial charge in [-0.25, -0.2) is 0 Å². The van der Waals surface area contributed by atoms with Crippen LogP contribution < -0.4 is 16.5 Å². The van der Waals surface area contributed by atoms with Crippen LogP contribution in [0, 0.1) is 0 Å². The van der Waals surface area contributed by atoms with Gasteiger partial charge in [-0.3, -0.25) is 4.79 Å². The van der Waals surface area contributed by atoms with Gasteiger partial charge in [-0.2, -0.15) is 0 Å². The summed E-state index contributed by atoms with van der Waals surface area (Å²) in [6, 6.07) is 5.24. The quantitative estimate of drug-likeness (QED) is 0.622. The Balaban J connectivity index is 2.34. The van der Waals surface area contributed by atoms with Crippen LogP contribution in [0.15, 0.2) is 18.2 Å². The lowest BCUT2D eigenvalue weighted by molar-refractivity contribution is 0.00578. The maximum absolute atomic E-state index is 11.8. The molecule has 0 saturated carbocycles. The molecule has 0 unspecified atom stereocenters. The summed E-state index contributed by atoms with van der Waals surface area (Å²) in [6.45, 7) is 7.96. The summed E-state index contributed by atoms with van der Waals surface area (Å²) < 4.78 is 11.9. The van der Waals surface area contributed by atoms with E-state index in [-0.39, 0.29) is 5.91 Å². The van der Waals surface area contributed by atoms with Crippen LogP contribution >= 0.6 is 0 Å². The van der Waals surface area contributed by atoms with Gasteiger partial charge in [0.1, 0.15) is 0 Å². The highest BCUT2D eigenvalue weighted by molar-refractivity contribution is 6.62. The van der Waals surface area contributed by atoms with E-state index in [1.807, 2.05) is 33.8 Å². The van der Waals surface area contributed by atoms with Gasteiger partial charge in [0.25, 0.3) is 5.91 Å². The number of amides is 1. The number of nitrogens with two attached hydrogens (primary N) is 1. The van der Waals surface area contributed by atoms with Gasteiger partial charge in [-0.05, 0) is 45.3 Å². The molecule has 0 spiro atoms. The molecule has 108 valence electrons. The fraction of sp³-hybridized carbons (Fsp3) is 0.500. The standard InChI is InChI=1S/C14H21BN2O3/c1-13(2)14(3,4)20-15(19-13)9-6-7-11(16)10(8-9)12(18)17-5/h6-8H,16H2,1-5H3,(H,17,18). The van der Waals surface area contributed by atoms with E-state index >= 15 is 0 Å². The molecule has 1 saturated heterocycles. The first-order chi connectivity index (χ1) is 9.18. The Hall–Kier alpha value is -1.53. The smallest absolute Gasteiger partial charge is 0.399 e. The lowest BCUT2D eigenvalue weighted by Gasteiger charge is -2.32. The lowest BCUT2D eigenvalue weighted by atomic mass is 9.78. The minimum Gasteiger partial charge on any atom is -0.399 e. The Labute approximate surface area is 120 Å². The Morgan fingerprint density at radius 1 is 1.20 bits per heavy atom. The molecular weight excluding hydrogens is 255 g/mol. The molecule has 5 nitrogen and oxygen atoms in total. The van der Waals surface area contributed by atoms with Gasteiger partial charge >= 0.3 is 7.12 Å². The minimum absolute atomic E-state index is 0.221. The van der Waals surface area contributed by atoms with E-state index < -0.39 is 18.3 Å². The van der Waals surface area contributed by atoms with Crippen molar-refractivity contribution in [3.8, 4) is 0 Å². The van der Waals surface area contributed by atoms with Crippen molar-refractivity contribution in [2.75, 3.05) is 12.8 Å². The zero-order valence-corrected chi connectivity index (χ0v) is 12.6. The molecule has 3 N–H and O–H groups in total. The van der Waals surface area contributed by atoms with E-state index in [1.165, 1.54) is 0 Å². The number of carbonyl (C=O) groups is 1. The number of rotatable bonds is 2. The van der Waals surface area contributed by atoms with E-state index in [9.17, 15) is 4.79 Å². The molecule has 1 aliphatic rings. The largest absolute Gasteiger partial charge is 0.494 e. The van der Waals surface area contributed by atoms with Crippen LogP contribution in [0.25, 0.3) is 0 Å². The van der Waals surface area contributed by atoms with Gasteiger partial charge in [-0.1, -0.05) is 6.07 Å². The fourth-order valence-electron chi connectivity index (χ4n) is 2.03. The summed E-state index contributed by atoms with van der Waals surface area (Å²) in [5.41, 5.74) is 6.66. The third-order valence-corrected chi connectivity index (χ3v) is 4.07. The topological polar surface area (TPSA) is 73.6 Å². The second kappa shape index (κ2) is 4.79. The van der Waals surface area contributed by atoms with Crippen molar-refractivity contribution in [1.82, 2.24) is 5.32 Å². The number of carbonyl (C=O) groups excluding carboxylic acids is 1. The Kier molecular flexibility index (Phi) is 3.56. The van der Waals surface area contributed by atoms with Crippen molar-refractivity contribution in [1.29, 1.82) is 0 Å². The number of anilines is 1. The molecule has 0 atom stereocenters. The molecule has 2 rings (SSSR count). The average Bonchev–Trinajstić information content (AvgIpc) is 2.58. The minimum atomic E-state index is -0.496. The highest BCUT2D eigenvalue weighted by Crippen LogP contribution is 2.36.